The Balaban J connectivity index is 1.23. The monoisotopic (exact) mass is 356 g/mol. The number of nitrogens with one attached hydrogen (secondary N) is 1. The summed E-state index contributed by atoms with van der Waals surface area (Å²) in [4.78, 5) is 13.0. The Morgan fingerprint density at radius 3 is 2.50 bits per heavy atom. The van der Waals surface area contributed by atoms with Gasteiger partial charge in [0.05, 0.1) is 0 Å². The van der Waals surface area contributed by atoms with Crippen LogP contribution in [0.4, 0.5) is 4.39 Å². The third-order valence-electron chi connectivity index (χ3n) is 5.79. The number of imidazole rings is 1. The summed E-state index contributed by atoms with van der Waals surface area (Å²) in [5.41, 5.74) is 2.29. The first-order chi connectivity index (χ1) is 12.7. The van der Waals surface area contributed by atoms with E-state index >= 15 is 0 Å². The van der Waals surface area contributed by atoms with Crippen LogP contribution in [0.25, 0.3) is 0 Å². The van der Waals surface area contributed by atoms with Gasteiger partial charge in [0.1, 0.15) is 11.6 Å². The van der Waals surface area contributed by atoms with Crippen LogP contribution >= 0.6 is 0 Å². The van der Waals surface area contributed by atoms with Gasteiger partial charge >= 0.3 is 0 Å². The minimum absolute atomic E-state index is 0.145. The molecule has 4 nitrogen and oxygen atoms in total. The predicted octanol–water partition coefficient (Wildman–Crippen LogP) is 3.60. The van der Waals surface area contributed by atoms with Crippen LogP contribution in [0.3, 0.4) is 0 Å². The summed E-state index contributed by atoms with van der Waals surface area (Å²) in [7, 11) is 0. The Bertz CT molecular complexity index is 700. The van der Waals surface area contributed by atoms with Crippen molar-refractivity contribution in [2.24, 2.45) is 5.92 Å². The molecule has 1 saturated carbocycles. The Labute approximate surface area is 155 Å². The smallest absolute Gasteiger partial charge is 0.123 e. The van der Waals surface area contributed by atoms with Crippen LogP contribution in [0.2, 0.25) is 0 Å². The maximum Gasteiger partial charge on any atom is 0.123 e. The molecule has 1 aromatic carbocycles. The van der Waals surface area contributed by atoms with Gasteiger partial charge in [0.2, 0.25) is 0 Å². The van der Waals surface area contributed by atoms with E-state index in [4.69, 9.17) is 0 Å². The summed E-state index contributed by atoms with van der Waals surface area (Å²) in [6.07, 6.45) is 8.63. The van der Waals surface area contributed by atoms with E-state index in [9.17, 15) is 4.39 Å². The van der Waals surface area contributed by atoms with E-state index in [-0.39, 0.29) is 5.82 Å². The SMILES string of the molecule is Fc1cccc(CN2CCN(Cc3cnc(CC4CCCC4)[nH]3)CC2)c1. The number of hydrogen-bond acceptors (Lipinski definition) is 3. The molecule has 140 valence electrons. The highest BCUT2D eigenvalue weighted by molar-refractivity contribution is 5.16. The van der Waals surface area contributed by atoms with Gasteiger partial charge in [0.25, 0.3) is 0 Å². The Hall–Kier alpha value is -1.72. The normalized spacial score (nSPS) is 20.0. The standard InChI is InChI=1S/C21H29FN4/c22-19-7-3-6-18(12-19)15-25-8-10-26(11-9-25)16-20-14-23-21(24-20)13-17-4-1-2-5-17/h3,6-7,12,14,17H,1-2,4-5,8-11,13,15-16H2,(H,23,24). The molecule has 1 aliphatic carbocycles. The third kappa shape index (κ3) is 4.71. The highest BCUT2D eigenvalue weighted by atomic mass is 19.1. The average Bonchev–Trinajstić information content (AvgIpc) is 3.29. The molecule has 1 N–H and O–H groups in total. The van der Waals surface area contributed by atoms with Gasteiger partial charge in [0.15, 0.2) is 0 Å². The summed E-state index contributed by atoms with van der Waals surface area (Å²) < 4.78 is 13.3. The van der Waals surface area contributed by atoms with Crippen LogP contribution in [0.15, 0.2) is 30.5 Å². The Kier molecular flexibility index (Phi) is 5.65. The molecule has 2 fully saturated rings. The molecule has 2 heterocycles. The number of rotatable bonds is 6. The van der Waals surface area contributed by atoms with Crippen molar-refractivity contribution in [3.63, 3.8) is 0 Å². The van der Waals surface area contributed by atoms with Crippen molar-refractivity contribution in [1.82, 2.24) is 19.8 Å². The lowest BCUT2D eigenvalue weighted by Crippen LogP contribution is -2.45. The molecule has 0 spiro atoms. The van der Waals surface area contributed by atoms with Crippen molar-refractivity contribution in [2.45, 2.75) is 45.2 Å². The zero-order chi connectivity index (χ0) is 17.8. The zero-order valence-corrected chi connectivity index (χ0v) is 15.5. The highest BCUT2D eigenvalue weighted by Gasteiger charge is 2.19. The molecule has 0 radical (unpaired) electrons. The van der Waals surface area contributed by atoms with Crippen molar-refractivity contribution in [3.8, 4) is 0 Å². The second kappa shape index (κ2) is 8.31. The van der Waals surface area contributed by atoms with E-state index in [0.29, 0.717) is 0 Å². The van der Waals surface area contributed by atoms with Gasteiger partial charge in [-0.25, -0.2) is 9.37 Å². The Morgan fingerprint density at radius 1 is 1.04 bits per heavy atom. The van der Waals surface area contributed by atoms with Gasteiger partial charge in [-0.05, 0) is 23.6 Å². The molecule has 26 heavy (non-hydrogen) atoms. The van der Waals surface area contributed by atoms with E-state index in [2.05, 4.69) is 19.8 Å². The maximum absolute atomic E-state index is 13.3. The predicted molar refractivity (Wildman–Crippen MR) is 101 cm³/mol. The van der Waals surface area contributed by atoms with E-state index < -0.39 is 0 Å². The molecule has 2 aliphatic rings. The van der Waals surface area contributed by atoms with Crippen LogP contribution < -0.4 is 0 Å². The molecule has 2 aromatic rings. The number of benzene rings is 1. The first-order valence-electron chi connectivity index (χ1n) is 9.96. The summed E-state index contributed by atoms with van der Waals surface area (Å²) in [5.74, 6) is 1.85. The van der Waals surface area contributed by atoms with Crippen LogP contribution in [0.1, 0.15) is 42.8 Å². The van der Waals surface area contributed by atoms with E-state index in [1.54, 1.807) is 12.1 Å². The molecule has 1 aliphatic heterocycles. The second-order valence-electron chi connectivity index (χ2n) is 7.89. The van der Waals surface area contributed by atoms with Crippen molar-refractivity contribution in [3.05, 3.63) is 53.4 Å². The van der Waals surface area contributed by atoms with E-state index in [1.165, 1.54) is 37.4 Å². The van der Waals surface area contributed by atoms with Crippen LogP contribution in [-0.4, -0.2) is 45.9 Å². The maximum atomic E-state index is 13.3. The van der Waals surface area contributed by atoms with Crippen LogP contribution in [0, 0.1) is 11.7 Å². The molecule has 0 unspecified atom stereocenters. The van der Waals surface area contributed by atoms with Gasteiger partial charge in [-0.15, -0.1) is 0 Å². The van der Waals surface area contributed by atoms with Crippen LogP contribution in [-0.2, 0) is 19.5 Å². The topological polar surface area (TPSA) is 35.2 Å². The first kappa shape index (κ1) is 17.7. The summed E-state index contributed by atoms with van der Waals surface area (Å²) in [5, 5.41) is 0. The molecule has 0 atom stereocenters. The van der Waals surface area contributed by atoms with E-state index in [0.717, 1.165) is 63.0 Å². The number of aromatic amines is 1. The summed E-state index contributed by atoms with van der Waals surface area (Å²) >= 11 is 0. The fourth-order valence-corrected chi connectivity index (χ4v) is 4.32. The second-order valence-corrected chi connectivity index (χ2v) is 7.89. The molecule has 4 rings (SSSR count). The van der Waals surface area contributed by atoms with Gasteiger partial charge in [-0.1, -0.05) is 37.8 Å². The molecule has 5 heteroatoms. The number of nitrogens with zero attached hydrogens (tertiary/aromatic N) is 3. The largest absolute Gasteiger partial charge is 0.345 e. The van der Waals surface area contributed by atoms with E-state index in [1.807, 2.05) is 12.3 Å². The minimum Gasteiger partial charge on any atom is -0.345 e. The zero-order valence-electron chi connectivity index (χ0n) is 15.5. The molecule has 0 bridgehead atoms. The van der Waals surface area contributed by atoms with Gasteiger partial charge in [0, 0.05) is 57.6 Å². The fourth-order valence-electron chi connectivity index (χ4n) is 4.32. The lowest BCUT2D eigenvalue weighted by Gasteiger charge is -2.34. The molecular weight excluding hydrogens is 327 g/mol. The average molecular weight is 356 g/mol. The third-order valence-corrected chi connectivity index (χ3v) is 5.79. The van der Waals surface area contributed by atoms with Crippen molar-refractivity contribution >= 4 is 0 Å². The highest BCUT2D eigenvalue weighted by Crippen LogP contribution is 2.27. The molecular formula is C21H29FN4. The minimum atomic E-state index is -0.145. The number of piperazine rings is 1. The first-order valence-corrected chi connectivity index (χ1v) is 9.96. The summed E-state index contributed by atoms with van der Waals surface area (Å²) in [6.45, 7) is 5.93. The number of H-pyrrole nitrogens is 1. The quantitative estimate of drug-likeness (QED) is 0.859. The van der Waals surface area contributed by atoms with Gasteiger partial charge in [-0.2, -0.15) is 0 Å². The Morgan fingerprint density at radius 2 is 1.77 bits per heavy atom. The fraction of sp³-hybridized carbons (Fsp3) is 0.571. The molecule has 1 aromatic heterocycles. The number of aromatic nitrogens is 2. The van der Waals surface area contributed by atoms with Gasteiger partial charge < -0.3 is 4.98 Å². The number of hydrogen-bond donors (Lipinski definition) is 1. The molecule has 1 saturated heterocycles. The number of halogens is 1. The van der Waals surface area contributed by atoms with Crippen molar-refractivity contribution < 1.29 is 4.39 Å². The lowest BCUT2D eigenvalue weighted by atomic mass is 10.0. The van der Waals surface area contributed by atoms with Crippen LogP contribution in [0.5, 0.6) is 0 Å². The lowest BCUT2D eigenvalue weighted by molar-refractivity contribution is 0.121. The summed E-state index contributed by atoms with van der Waals surface area (Å²) in [6, 6.07) is 6.95. The van der Waals surface area contributed by atoms with Gasteiger partial charge in [-0.3, -0.25) is 9.80 Å². The van der Waals surface area contributed by atoms with Crippen molar-refractivity contribution in [2.75, 3.05) is 26.2 Å². The molecule has 0 amide bonds. The van der Waals surface area contributed by atoms with Crippen molar-refractivity contribution in [1.29, 1.82) is 0 Å².